The molecule has 3 nitrogen and oxygen atoms in total. The van der Waals surface area contributed by atoms with Crippen LogP contribution >= 0.6 is 0 Å². The van der Waals surface area contributed by atoms with E-state index in [0.717, 1.165) is 0 Å². The molecule has 9 heavy (non-hydrogen) atoms. The van der Waals surface area contributed by atoms with E-state index >= 15 is 0 Å². The van der Waals surface area contributed by atoms with Gasteiger partial charge >= 0.3 is 0 Å². The first kappa shape index (κ1) is 12.1. The predicted molar refractivity (Wildman–Crippen MR) is 31.3 cm³/mol. The van der Waals surface area contributed by atoms with Gasteiger partial charge in [-0.2, -0.15) is 8.42 Å². The van der Waals surface area contributed by atoms with Gasteiger partial charge in [-0.15, -0.1) is 0 Å². The fourth-order valence-corrected chi connectivity index (χ4v) is 0. The van der Waals surface area contributed by atoms with Gasteiger partial charge in [0.05, 0.1) is 4.75 Å². The molecule has 0 aliphatic carbocycles. The molecule has 0 atom stereocenters. The predicted octanol–water partition coefficient (Wildman–Crippen LogP) is 0.670. The third-order valence-corrected chi connectivity index (χ3v) is 2.32. The Bertz CT molecular complexity index is 165. The van der Waals surface area contributed by atoms with Crippen LogP contribution in [-0.2, 0) is 26.6 Å². The minimum Gasteiger partial charge on any atom is -0.285 e. The van der Waals surface area contributed by atoms with Crippen LogP contribution in [0.4, 0.5) is 0 Å². The summed E-state index contributed by atoms with van der Waals surface area (Å²) in [4.78, 5) is 0. The molecule has 0 spiro atoms. The summed E-state index contributed by atoms with van der Waals surface area (Å²) >= 11 is 0. The van der Waals surface area contributed by atoms with Crippen LogP contribution in [0.3, 0.4) is 0 Å². The molecule has 0 aliphatic rings. The van der Waals surface area contributed by atoms with E-state index in [0.29, 0.717) is 0 Å². The molecule has 0 aromatic heterocycles. The van der Waals surface area contributed by atoms with Crippen LogP contribution in [0, 0.1) is 0 Å². The molecule has 0 aliphatic heterocycles. The van der Waals surface area contributed by atoms with Gasteiger partial charge in [-0.25, -0.2) is 0 Å². The second kappa shape index (κ2) is 2.99. The molecule has 0 aromatic rings. The molecule has 0 bridgehead atoms. The summed E-state index contributed by atoms with van der Waals surface area (Å²) in [5.41, 5.74) is 0. The SMILES string of the molecule is CC(C)(C)S(=O)(=O)O.[Ni]. The van der Waals surface area contributed by atoms with E-state index in [1.165, 1.54) is 20.8 Å². The van der Waals surface area contributed by atoms with E-state index in [2.05, 4.69) is 0 Å². The molecule has 0 saturated heterocycles. The van der Waals surface area contributed by atoms with Crippen LogP contribution in [0.2, 0.25) is 0 Å². The van der Waals surface area contributed by atoms with Gasteiger partial charge in [-0.05, 0) is 20.8 Å². The van der Waals surface area contributed by atoms with Crippen molar-refractivity contribution >= 4 is 10.1 Å². The molecule has 0 unspecified atom stereocenters. The molecule has 0 aromatic carbocycles. The summed E-state index contributed by atoms with van der Waals surface area (Å²) in [7, 11) is -3.84. The Labute approximate surface area is 65.5 Å². The van der Waals surface area contributed by atoms with E-state index in [1.807, 2.05) is 0 Å². The molecule has 0 amide bonds. The van der Waals surface area contributed by atoms with Crippen molar-refractivity contribution in [3.63, 3.8) is 0 Å². The second-order valence-electron chi connectivity index (χ2n) is 2.59. The van der Waals surface area contributed by atoms with Crippen molar-refractivity contribution in [2.75, 3.05) is 0 Å². The largest absolute Gasteiger partial charge is 0.285 e. The van der Waals surface area contributed by atoms with Crippen LogP contribution in [0.5, 0.6) is 0 Å². The van der Waals surface area contributed by atoms with E-state index in [1.54, 1.807) is 0 Å². The quantitative estimate of drug-likeness (QED) is 0.458. The van der Waals surface area contributed by atoms with Gasteiger partial charge in [0.1, 0.15) is 0 Å². The van der Waals surface area contributed by atoms with E-state index < -0.39 is 14.9 Å². The first-order valence-electron chi connectivity index (χ1n) is 2.22. The summed E-state index contributed by atoms with van der Waals surface area (Å²) < 4.78 is 27.7. The third-order valence-electron chi connectivity index (χ3n) is 0.774. The van der Waals surface area contributed by atoms with Gasteiger partial charge in [-0.3, -0.25) is 4.55 Å². The minimum absolute atomic E-state index is 0. The number of rotatable bonds is 0. The zero-order chi connectivity index (χ0) is 7.00. The zero-order valence-electron chi connectivity index (χ0n) is 5.49. The van der Waals surface area contributed by atoms with Gasteiger partial charge in [-0.1, -0.05) is 0 Å². The maximum absolute atomic E-state index is 10.2. The van der Waals surface area contributed by atoms with Gasteiger partial charge in [0, 0.05) is 16.5 Å². The van der Waals surface area contributed by atoms with E-state index in [-0.39, 0.29) is 16.5 Å². The average molecular weight is 197 g/mol. The normalized spacial score (nSPS) is 12.4. The fraction of sp³-hybridized carbons (Fsp3) is 1.00. The van der Waals surface area contributed by atoms with Crippen LogP contribution in [0.15, 0.2) is 0 Å². The average Bonchev–Trinajstić information content (AvgIpc) is 1.25. The Morgan fingerprint density at radius 2 is 1.33 bits per heavy atom. The second-order valence-corrected chi connectivity index (χ2v) is 4.76. The Morgan fingerprint density at radius 3 is 1.33 bits per heavy atom. The maximum atomic E-state index is 10.2. The van der Waals surface area contributed by atoms with E-state index in [9.17, 15) is 8.42 Å². The molecular formula is C4H10NiO3S. The van der Waals surface area contributed by atoms with Crippen LogP contribution in [0.25, 0.3) is 0 Å². The standard InChI is InChI=1S/C4H10O3S.Ni/c1-4(2,3)8(5,6)7;/h1-3H3,(H,5,6,7);. The molecule has 0 radical (unpaired) electrons. The summed E-state index contributed by atoms with van der Waals surface area (Å²) in [5.74, 6) is 0. The molecule has 0 rings (SSSR count). The number of hydrogen-bond acceptors (Lipinski definition) is 2. The Hall–Kier alpha value is 0.404. The van der Waals surface area contributed by atoms with Crippen molar-refractivity contribution < 1.29 is 29.5 Å². The topological polar surface area (TPSA) is 54.4 Å². The van der Waals surface area contributed by atoms with Crippen molar-refractivity contribution in [1.82, 2.24) is 0 Å². The smallest absolute Gasteiger partial charge is 0.269 e. The van der Waals surface area contributed by atoms with Crippen molar-refractivity contribution in [2.24, 2.45) is 0 Å². The van der Waals surface area contributed by atoms with Crippen molar-refractivity contribution in [3.05, 3.63) is 0 Å². The minimum atomic E-state index is -3.84. The van der Waals surface area contributed by atoms with Crippen LogP contribution < -0.4 is 0 Å². The van der Waals surface area contributed by atoms with Crippen molar-refractivity contribution in [2.45, 2.75) is 25.5 Å². The van der Waals surface area contributed by atoms with Gasteiger partial charge < -0.3 is 0 Å². The first-order chi connectivity index (χ1) is 3.25. The Morgan fingerprint density at radius 1 is 1.22 bits per heavy atom. The molecule has 1 N–H and O–H groups in total. The van der Waals surface area contributed by atoms with Crippen LogP contribution in [0.1, 0.15) is 20.8 Å². The van der Waals surface area contributed by atoms with Gasteiger partial charge in [0.15, 0.2) is 0 Å². The Balaban J connectivity index is 0. The van der Waals surface area contributed by atoms with E-state index in [4.69, 9.17) is 4.55 Å². The summed E-state index contributed by atoms with van der Waals surface area (Å²) in [6, 6.07) is 0. The first-order valence-corrected chi connectivity index (χ1v) is 3.66. The van der Waals surface area contributed by atoms with Gasteiger partial charge in [0.25, 0.3) is 10.1 Å². The van der Waals surface area contributed by atoms with Gasteiger partial charge in [0.2, 0.25) is 0 Å². The summed E-state index contributed by atoms with van der Waals surface area (Å²) in [6.07, 6.45) is 0. The maximum Gasteiger partial charge on any atom is 0.269 e. The number of hydrogen-bond donors (Lipinski definition) is 1. The van der Waals surface area contributed by atoms with Crippen molar-refractivity contribution in [3.8, 4) is 0 Å². The molecule has 0 fully saturated rings. The zero-order valence-corrected chi connectivity index (χ0v) is 7.29. The molecule has 5 heteroatoms. The summed E-state index contributed by atoms with van der Waals surface area (Å²) in [5, 5.41) is 0. The van der Waals surface area contributed by atoms with Crippen LogP contribution in [-0.4, -0.2) is 17.7 Å². The third kappa shape index (κ3) is 3.90. The monoisotopic (exact) mass is 196 g/mol. The molecule has 0 saturated carbocycles. The summed E-state index contributed by atoms with van der Waals surface area (Å²) in [6.45, 7) is 4.30. The molecule has 0 heterocycles. The Kier molecular flexibility index (Phi) is 4.03. The van der Waals surface area contributed by atoms with Crippen molar-refractivity contribution in [1.29, 1.82) is 0 Å². The molecule has 60 valence electrons. The fourth-order valence-electron chi connectivity index (χ4n) is 0. The molecular weight excluding hydrogens is 187 g/mol.